The van der Waals surface area contributed by atoms with Crippen molar-refractivity contribution in [3.05, 3.63) is 22.2 Å². The van der Waals surface area contributed by atoms with E-state index in [0.29, 0.717) is 10.0 Å². The van der Waals surface area contributed by atoms with Crippen molar-refractivity contribution in [3.63, 3.8) is 0 Å². The van der Waals surface area contributed by atoms with Gasteiger partial charge in [0.2, 0.25) is 0 Å². The Labute approximate surface area is 85.4 Å². The second-order valence-electron chi connectivity index (χ2n) is 2.51. The summed E-state index contributed by atoms with van der Waals surface area (Å²) in [6.45, 7) is 0.996. The van der Waals surface area contributed by atoms with E-state index in [9.17, 15) is 0 Å². The fourth-order valence-electron chi connectivity index (χ4n) is 1.15. The zero-order chi connectivity index (χ0) is 8.55. The van der Waals surface area contributed by atoms with Gasteiger partial charge in [-0.2, -0.15) is 0 Å². The first-order valence-electron chi connectivity index (χ1n) is 3.64. The third kappa shape index (κ3) is 1.39. The van der Waals surface area contributed by atoms with Crippen molar-refractivity contribution in [2.24, 2.45) is 0 Å². The molecule has 0 spiro atoms. The Hall–Kier alpha value is -0.0500. The molecule has 0 bridgehead atoms. The lowest BCUT2D eigenvalue weighted by Gasteiger charge is -2.18. The van der Waals surface area contributed by atoms with Crippen molar-refractivity contribution in [1.29, 1.82) is 0 Å². The summed E-state index contributed by atoms with van der Waals surface area (Å²) in [5, 5.41) is 4.57. The molecular weight excluding hydrogens is 213 g/mol. The van der Waals surface area contributed by atoms with Crippen LogP contribution in [0.1, 0.15) is 0 Å². The monoisotopic (exact) mass is 219 g/mol. The summed E-state index contributed by atoms with van der Waals surface area (Å²) in [5.74, 6) is 1.05. The van der Waals surface area contributed by atoms with Gasteiger partial charge in [-0.3, -0.25) is 0 Å². The predicted molar refractivity (Wildman–Crippen MR) is 55.7 cm³/mol. The highest BCUT2D eigenvalue weighted by Gasteiger charge is 2.14. The van der Waals surface area contributed by atoms with E-state index >= 15 is 0 Å². The maximum atomic E-state index is 6.02. The smallest absolute Gasteiger partial charge is 0.0749 e. The quantitative estimate of drug-likeness (QED) is 0.717. The molecule has 0 fully saturated rings. The highest BCUT2D eigenvalue weighted by Crippen LogP contribution is 2.40. The van der Waals surface area contributed by atoms with E-state index in [1.54, 1.807) is 11.8 Å². The van der Waals surface area contributed by atoms with Gasteiger partial charge in [0.15, 0.2) is 0 Å². The molecule has 1 aliphatic rings. The molecule has 1 aliphatic heterocycles. The van der Waals surface area contributed by atoms with Crippen LogP contribution in [0.3, 0.4) is 0 Å². The SMILES string of the molecule is Clc1ccc2c(c1Cl)SCCN2. The van der Waals surface area contributed by atoms with Crippen LogP contribution < -0.4 is 5.32 Å². The molecule has 0 aliphatic carbocycles. The third-order valence-electron chi connectivity index (χ3n) is 1.71. The van der Waals surface area contributed by atoms with Gasteiger partial charge >= 0.3 is 0 Å². The van der Waals surface area contributed by atoms with Crippen LogP contribution in [0.4, 0.5) is 5.69 Å². The number of benzene rings is 1. The minimum absolute atomic E-state index is 0.631. The van der Waals surface area contributed by atoms with Crippen molar-refractivity contribution < 1.29 is 0 Å². The molecule has 1 nitrogen and oxygen atoms in total. The summed E-state index contributed by atoms with van der Waals surface area (Å²) in [4.78, 5) is 1.08. The number of nitrogens with one attached hydrogen (secondary N) is 1. The van der Waals surface area contributed by atoms with Gasteiger partial charge in [-0.05, 0) is 12.1 Å². The molecule has 2 rings (SSSR count). The Morgan fingerprint density at radius 3 is 3.00 bits per heavy atom. The van der Waals surface area contributed by atoms with Crippen molar-refractivity contribution in [2.75, 3.05) is 17.6 Å². The van der Waals surface area contributed by atoms with Crippen molar-refractivity contribution in [3.8, 4) is 0 Å². The first-order valence-corrected chi connectivity index (χ1v) is 5.38. The third-order valence-corrected chi connectivity index (χ3v) is 3.75. The number of fused-ring (bicyclic) bond motifs is 1. The summed E-state index contributed by atoms with van der Waals surface area (Å²) in [6, 6.07) is 3.79. The number of anilines is 1. The lowest BCUT2D eigenvalue weighted by Crippen LogP contribution is -2.10. The van der Waals surface area contributed by atoms with Crippen molar-refractivity contribution in [2.45, 2.75) is 4.90 Å². The summed E-state index contributed by atoms with van der Waals surface area (Å²) < 4.78 is 0. The number of halogens is 2. The molecule has 0 atom stereocenters. The molecule has 0 saturated carbocycles. The summed E-state index contributed by atoms with van der Waals surface area (Å²) in [7, 11) is 0. The van der Waals surface area contributed by atoms with E-state index in [1.807, 2.05) is 12.1 Å². The van der Waals surface area contributed by atoms with Crippen LogP contribution in [0.2, 0.25) is 10.0 Å². The lowest BCUT2D eigenvalue weighted by atomic mass is 10.3. The predicted octanol–water partition coefficient (Wildman–Crippen LogP) is 3.51. The highest BCUT2D eigenvalue weighted by atomic mass is 35.5. The molecule has 1 aromatic rings. The van der Waals surface area contributed by atoms with Crippen LogP contribution in [-0.2, 0) is 0 Å². The summed E-state index contributed by atoms with van der Waals surface area (Å²) >= 11 is 13.6. The molecule has 1 aromatic carbocycles. The van der Waals surface area contributed by atoms with Gasteiger partial charge in [-0.1, -0.05) is 23.2 Å². The Morgan fingerprint density at radius 2 is 2.17 bits per heavy atom. The van der Waals surface area contributed by atoms with E-state index in [-0.39, 0.29) is 0 Å². The maximum Gasteiger partial charge on any atom is 0.0749 e. The van der Waals surface area contributed by atoms with Gasteiger partial charge in [0.05, 0.1) is 14.9 Å². The Balaban J connectivity index is 2.54. The number of hydrogen-bond acceptors (Lipinski definition) is 2. The minimum Gasteiger partial charge on any atom is -0.383 e. The topological polar surface area (TPSA) is 12.0 Å². The molecule has 12 heavy (non-hydrogen) atoms. The lowest BCUT2D eigenvalue weighted by molar-refractivity contribution is 1.17. The fraction of sp³-hybridized carbons (Fsp3) is 0.250. The van der Waals surface area contributed by atoms with Crippen molar-refractivity contribution in [1.82, 2.24) is 0 Å². The van der Waals surface area contributed by atoms with Gasteiger partial charge in [-0.25, -0.2) is 0 Å². The first kappa shape index (κ1) is 8.54. The Morgan fingerprint density at radius 1 is 1.33 bits per heavy atom. The maximum absolute atomic E-state index is 6.02. The molecule has 0 saturated heterocycles. The highest BCUT2D eigenvalue weighted by molar-refractivity contribution is 7.99. The first-order chi connectivity index (χ1) is 5.79. The van der Waals surface area contributed by atoms with E-state index in [1.165, 1.54) is 0 Å². The zero-order valence-corrected chi connectivity index (χ0v) is 8.56. The van der Waals surface area contributed by atoms with Gasteiger partial charge in [-0.15, -0.1) is 11.8 Å². The number of hydrogen-bond donors (Lipinski definition) is 1. The van der Waals surface area contributed by atoms with E-state index < -0.39 is 0 Å². The average molecular weight is 220 g/mol. The van der Waals surface area contributed by atoms with Crippen molar-refractivity contribution >= 4 is 40.7 Å². The van der Waals surface area contributed by atoms with Gasteiger partial charge in [0.1, 0.15) is 0 Å². The zero-order valence-electron chi connectivity index (χ0n) is 6.23. The standard InChI is InChI=1S/C8H7Cl2NS/c9-5-1-2-6-8(7(5)10)12-4-3-11-6/h1-2,11H,3-4H2. The molecule has 1 heterocycles. The second kappa shape index (κ2) is 3.36. The molecule has 4 heteroatoms. The van der Waals surface area contributed by atoms with E-state index in [0.717, 1.165) is 22.9 Å². The van der Waals surface area contributed by atoms with Crippen LogP contribution in [-0.4, -0.2) is 12.3 Å². The molecule has 0 amide bonds. The Bertz CT molecular complexity index is 314. The van der Waals surface area contributed by atoms with Crippen LogP contribution in [0.15, 0.2) is 17.0 Å². The van der Waals surface area contributed by atoms with Crippen LogP contribution in [0.5, 0.6) is 0 Å². The minimum atomic E-state index is 0.631. The average Bonchev–Trinajstić information content (AvgIpc) is 2.12. The van der Waals surface area contributed by atoms with Crippen LogP contribution >= 0.6 is 35.0 Å². The van der Waals surface area contributed by atoms with E-state index in [4.69, 9.17) is 23.2 Å². The van der Waals surface area contributed by atoms with Gasteiger partial charge < -0.3 is 5.32 Å². The molecule has 0 aromatic heterocycles. The largest absolute Gasteiger partial charge is 0.383 e. The molecular formula is C8H7Cl2NS. The van der Waals surface area contributed by atoms with E-state index in [2.05, 4.69) is 5.32 Å². The Kier molecular flexibility index (Phi) is 2.40. The summed E-state index contributed by atoms with van der Waals surface area (Å²) in [5.41, 5.74) is 1.10. The molecule has 0 radical (unpaired) electrons. The van der Waals surface area contributed by atoms with Crippen LogP contribution in [0.25, 0.3) is 0 Å². The van der Waals surface area contributed by atoms with Gasteiger partial charge in [0, 0.05) is 18.0 Å². The molecule has 0 unspecified atom stereocenters. The molecule has 1 N–H and O–H groups in total. The number of thioether (sulfide) groups is 1. The van der Waals surface area contributed by atoms with Gasteiger partial charge in [0.25, 0.3) is 0 Å². The fourth-order valence-corrected chi connectivity index (χ4v) is 2.63. The number of rotatable bonds is 0. The second-order valence-corrected chi connectivity index (χ2v) is 4.40. The normalized spacial score (nSPS) is 15.2. The molecule has 64 valence electrons. The summed E-state index contributed by atoms with van der Waals surface area (Å²) in [6.07, 6.45) is 0. The van der Waals surface area contributed by atoms with Crippen LogP contribution in [0, 0.1) is 0 Å².